The minimum atomic E-state index is -0.169. The van der Waals surface area contributed by atoms with E-state index in [0.717, 1.165) is 11.3 Å². The number of methoxy groups -OCH3 is 1. The third-order valence-corrected chi connectivity index (χ3v) is 2.75. The molecule has 0 aliphatic heterocycles. The molecule has 0 amide bonds. The lowest BCUT2D eigenvalue weighted by Gasteiger charge is -2.22. The van der Waals surface area contributed by atoms with E-state index < -0.39 is 0 Å². The normalized spacial score (nSPS) is 13.6. The maximum absolute atomic E-state index is 5.98. The highest BCUT2D eigenvalue weighted by atomic mass is 16.5. The SMILES string of the molecule is COc1ccc(C(C)(C)C)cc1[C@H](N)CN. The molecule has 0 aromatic heterocycles. The average molecular weight is 222 g/mol. The van der Waals surface area contributed by atoms with Crippen LogP contribution in [0, 0.1) is 0 Å². The summed E-state index contributed by atoms with van der Waals surface area (Å²) in [6, 6.07) is 5.96. The van der Waals surface area contributed by atoms with E-state index in [-0.39, 0.29) is 11.5 Å². The predicted molar refractivity (Wildman–Crippen MR) is 67.7 cm³/mol. The Bertz CT molecular complexity index is 355. The third-order valence-electron chi connectivity index (χ3n) is 2.75. The number of hydrogen-bond acceptors (Lipinski definition) is 3. The minimum Gasteiger partial charge on any atom is -0.496 e. The van der Waals surface area contributed by atoms with Gasteiger partial charge in [-0.25, -0.2) is 0 Å². The summed E-state index contributed by atoms with van der Waals surface area (Å²) in [6.45, 7) is 6.94. The first-order valence-electron chi connectivity index (χ1n) is 5.54. The van der Waals surface area contributed by atoms with Crippen molar-refractivity contribution >= 4 is 0 Å². The molecule has 0 saturated heterocycles. The van der Waals surface area contributed by atoms with E-state index in [2.05, 4.69) is 32.9 Å². The number of benzene rings is 1. The Morgan fingerprint density at radius 1 is 1.31 bits per heavy atom. The quantitative estimate of drug-likeness (QED) is 0.821. The first-order valence-corrected chi connectivity index (χ1v) is 5.54. The molecule has 0 aliphatic rings. The highest BCUT2D eigenvalue weighted by Gasteiger charge is 2.18. The molecule has 0 radical (unpaired) electrons. The zero-order valence-electron chi connectivity index (χ0n) is 10.6. The van der Waals surface area contributed by atoms with Crippen LogP contribution in [0.15, 0.2) is 18.2 Å². The van der Waals surface area contributed by atoms with Gasteiger partial charge in [0.1, 0.15) is 5.75 Å². The van der Waals surface area contributed by atoms with Crippen LogP contribution in [0.4, 0.5) is 0 Å². The van der Waals surface area contributed by atoms with Gasteiger partial charge in [-0.3, -0.25) is 0 Å². The Labute approximate surface area is 97.8 Å². The fourth-order valence-corrected chi connectivity index (χ4v) is 1.62. The molecule has 1 atom stereocenters. The molecule has 4 N–H and O–H groups in total. The zero-order valence-corrected chi connectivity index (χ0v) is 10.6. The smallest absolute Gasteiger partial charge is 0.123 e. The largest absolute Gasteiger partial charge is 0.496 e. The molecule has 0 saturated carbocycles. The minimum absolute atomic E-state index is 0.106. The van der Waals surface area contributed by atoms with Gasteiger partial charge in [0.25, 0.3) is 0 Å². The molecule has 1 rings (SSSR count). The maximum Gasteiger partial charge on any atom is 0.123 e. The molecule has 0 heterocycles. The maximum atomic E-state index is 5.98. The third kappa shape index (κ3) is 2.74. The van der Waals surface area contributed by atoms with E-state index in [1.165, 1.54) is 5.56 Å². The molecule has 0 aliphatic carbocycles. The molecule has 0 fully saturated rings. The summed E-state index contributed by atoms with van der Waals surface area (Å²) in [5, 5.41) is 0. The zero-order chi connectivity index (χ0) is 12.3. The Morgan fingerprint density at radius 2 is 1.94 bits per heavy atom. The summed E-state index contributed by atoms with van der Waals surface area (Å²) in [5.41, 5.74) is 13.9. The molecule has 90 valence electrons. The molecular weight excluding hydrogens is 200 g/mol. The van der Waals surface area contributed by atoms with E-state index in [1.54, 1.807) is 7.11 Å². The van der Waals surface area contributed by atoms with Gasteiger partial charge >= 0.3 is 0 Å². The van der Waals surface area contributed by atoms with Crippen LogP contribution in [0.25, 0.3) is 0 Å². The van der Waals surface area contributed by atoms with Crippen molar-refractivity contribution in [3.8, 4) is 5.75 Å². The van der Waals surface area contributed by atoms with E-state index in [1.807, 2.05) is 6.07 Å². The van der Waals surface area contributed by atoms with Crippen molar-refractivity contribution in [2.75, 3.05) is 13.7 Å². The average Bonchev–Trinajstić information content (AvgIpc) is 2.25. The van der Waals surface area contributed by atoms with E-state index in [0.29, 0.717) is 6.54 Å². The highest BCUT2D eigenvalue weighted by Crippen LogP contribution is 2.30. The second kappa shape index (κ2) is 4.85. The van der Waals surface area contributed by atoms with Crippen molar-refractivity contribution in [2.24, 2.45) is 11.5 Å². The molecule has 1 aromatic carbocycles. The molecule has 3 heteroatoms. The van der Waals surface area contributed by atoms with Crippen LogP contribution in [0.3, 0.4) is 0 Å². The molecule has 16 heavy (non-hydrogen) atoms. The van der Waals surface area contributed by atoms with Gasteiger partial charge in [0.2, 0.25) is 0 Å². The second-order valence-electron chi connectivity index (χ2n) is 5.05. The van der Waals surface area contributed by atoms with Gasteiger partial charge in [0, 0.05) is 18.2 Å². The van der Waals surface area contributed by atoms with Gasteiger partial charge in [0.05, 0.1) is 7.11 Å². The standard InChI is InChI=1S/C13H22N2O/c1-13(2,3)9-5-6-12(16-4)10(7-9)11(15)8-14/h5-7,11H,8,14-15H2,1-4H3/t11-/m1/s1. The molecule has 0 spiro atoms. The van der Waals surface area contributed by atoms with E-state index in [9.17, 15) is 0 Å². The van der Waals surface area contributed by atoms with Crippen molar-refractivity contribution in [2.45, 2.75) is 32.2 Å². The lowest BCUT2D eigenvalue weighted by atomic mass is 9.85. The summed E-state index contributed by atoms with van der Waals surface area (Å²) in [4.78, 5) is 0. The van der Waals surface area contributed by atoms with Crippen molar-refractivity contribution in [3.63, 3.8) is 0 Å². The molecule has 0 unspecified atom stereocenters. The summed E-state index contributed by atoms with van der Waals surface area (Å²) in [6.07, 6.45) is 0. The summed E-state index contributed by atoms with van der Waals surface area (Å²) in [5.74, 6) is 0.811. The van der Waals surface area contributed by atoms with Crippen LogP contribution in [0.2, 0.25) is 0 Å². The Kier molecular flexibility index (Phi) is 3.94. The fourth-order valence-electron chi connectivity index (χ4n) is 1.62. The predicted octanol–water partition coefficient (Wildman–Crippen LogP) is 1.95. The van der Waals surface area contributed by atoms with Gasteiger partial charge in [-0.05, 0) is 23.1 Å². The van der Waals surface area contributed by atoms with E-state index >= 15 is 0 Å². The molecule has 3 nitrogen and oxygen atoms in total. The lowest BCUT2D eigenvalue weighted by Crippen LogP contribution is -2.22. The first kappa shape index (κ1) is 13.0. The molecule has 0 bridgehead atoms. The number of rotatable bonds is 3. The molecule has 1 aromatic rings. The van der Waals surface area contributed by atoms with Crippen LogP contribution in [-0.2, 0) is 5.41 Å². The lowest BCUT2D eigenvalue weighted by molar-refractivity contribution is 0.405. The van der Waals surface area contributed by atoms with Gasteiger partial charge in [0.15, 0.2) is 0 Å². The first-order chi connectivity index (χ1) is 7.40. The summed E-state index contributed by atoms with van der Waals surface area (Å²) < 4.78 is 5.30. The Morgan fingerprint density at radius 3 is 2.38 bits per heavy atom. The Balaban J connectivity index is 3.21. The van der Waals surface area contributed by atoms with Crippen LogP contribution in [0.5, 0.6) is 5.75 Å². The van der Waals surface area contributed by atoms with Gasteiger partial charge in [-0.15, -0.1) is 0 Å². The van der Waals surface area contributed by atoms with Crippen molar-refractivity contribution < 1.29 is 4.74 Å². The van der Waals surface area contributed by atoms with Crippen molar-refractivity contribution in [1.82, 2.24) is 0 Å². The van der Waals surface area contributed by atoms with Gasteiger partial charge < -0.3 is 16.2 Å². The fraction of sp³-hybridized carbons (Fsp3) is 0.538. The van der Waals surface area contributed by atoms with Gasteiger partial charge in [-0.2, -0.15) is 0 Å². The topological polar surface area (TPSA) is 61.3 Å². The van der Waals surface area contributed by atoms with Crippen molar-refractivity contribution in [3.05, 3.63) is 29.3 Å². The number of hydrogen-bond donors (Lipinski definition) is 2. The Hall–Kier alpha value is -1.06. The highest BCUT2D eigenvalue weighted by molar-refractivity contribution is 5.41. The summed E-state index contributed by atoms with van der Waals surface area (Å²) >= 11 is 0. The van der Waals surface area contributed by atoms with Crippen LogP contribution >= 0.6 is 0 Å². The van der Waals surface area contributed by atoms with E-state index in [4.69, 9.17) is 16.2 Å². The monoisotopic (exact) mass is 222 g/mol. The van der Waals surface area contributed by atoms with Crippen LogP contribution in [0.1, 0.15) is 37.9 Å². The van der Waals surface area contributed by atoms with Crippen molar-refractivity contribution in [1.29, 1.82) is 0 Å². The number of ether oxygens (including phenoxy) is 1. The number of nitrogens with two attached hydrogens (primary N) is 2. The van der Waals surface area contributed by atoms with Crippen LogP contribution < -0.4 is 16.2 Å². The second-order valence-corrected chi connectivity index (χ2v) is 5.05. The summed E-state index contributed by atoms with van der Waals surface area (Å²) in [7, 11) is 1.65. The molecular formula is C13H22N2O. The van der Waals surface area contributed by atoms with Gasteiger partial charge in [-0.1, -0.05) is 26.8 Å². The van der Waals surface area contributed by atoms with Crippen LogP contribution in [-0.4, -0.2) is 13.7 Å².